The summed E-state index contributed by atoms with van der Waals surface area (Å²) in [6.07, 6.45) is -2.41. The van der Waals surface area contributed by atoms with Gasteiger partial charge in [-0.1, -0.05) is 56.3 Å². The van der Waals surface area contributed by atoms with Crippen molar-refractivity contribution in [3.8, 4) is 11.3 Å². The van der Waals surface area contributed by atoms with Crippen LogP contribution in [0.5, 0.6) is 0 Å². The van der Waals surface area contributed by atoms with Crippen molar-refractivity contribution in [2.24, 2.45) is 23.5 Å². The van der Waals surface area contributed by atoms with Crippen molar-refractivity contribution in [3.05, 3.63) is 66.4 Å². The molecule has 20 heteroatoms. The quantitative estimate of drug-likeness (QED) is 0.0549. The standard InChI is InChI=1S/C53H78N8O12/c1-12-41-53(10)44(61(50(67)73-53)24-17-16-23-60-30-40(58-59-60)36-21-18-22-37(25-36)57-49(66)72-51(6,7)8)34(5)55-28-31(2)27-52(9,68-11)45(32(3)42(62)33(4)47(65)70-41)71-48-43(63)39(54)26-38(69-48)29-56-46(64)35-19-14-13-15-20-35/h13-15,18-22,25,30-34,38-39,41,43-45,48,55,63H,12,16-17,23-24,26-29,54H2,1-11H3,(H,56,64)(H,57,66)/t31-,32+,33-,34-,38+,39?,41-,43?,44-,45-,48+,52-,53-/m1/s1. The number of nitrogens with zero attached hydrogens (tertiary/aromatic N) is 4. The Morgan fingerprint density at radius 2 is 1.73 bits per heavy atom. The lowest BCUT2D eigenvalue weighted by Gasteiger charge is -2.45. The molecule has 0 saturated carbocycles. The summed E-state index contributed by atoms with van der Waals surface area (Å²) in [6, 6.07) is 14.2. The number of carbonyl (C=O) groups excluding carboxylic acids is 5. The lowest BCUT2D eigenvalue weighted by molar-refractivity contribution is -0.289. The average molecular weight is 1020 g/mol. The first-order valence-electron chi connectivity index (χ1n) is 25.6. The molecule has 3 saturated heterocycles. The van der Waals surface area contributed by atoms with Crippen LogP contribution in [0.25, 0.3) is 11.3 Å². The van der Waals surface area contributed by atoms with Gasteiger partial charge in [0.05, 0.1) is 30.0 Å². The molecule has 6 rings (SSSR count). The fourth-order valence-electron chi connectivity index (χ4n) is 10.4. The first-order chi connectivity index (χ1) is 34.5. The highest BCUT2D eigenvalue weighted by Crippen LogP contribution is 2.40. The Hall–Kier alpha value is -5.51. The van der Waals surface area contributed by atoms with E-state index < -0.39 is 95.4 Å². The summed E-state index contributed by atoms with van der Waals surface area (Å²) in [5.41, 5.74) is 5.73. The third-order valence-corrected chi connectivity index (χ3v) is 14.3. The van der Waals surface area contributed by atoms with Gasteiger partial charge in [0.25, 0.3) is 5.91 Å². The first kappa shape index (κ1) is 56.8. The lowest BCUT2D eigenvalue weighted by Crippen LogP contribution is -2.61. The highest BCUT2D eigenvalue weighted by Gasteiger charge is 2.58. The van der Waals surface area contributed by atoms with E-state index in [0.717, 1.165) is 5.56 Å². The van der Waals surface area contributed by atoms with Crippen molar-refractivity contribution in [1.29, 1.82) is 0 Å². The number of aryl methyl sites for hydroxylation is 1. The van der Waals surface area contributed by atoms with Crippen LogP contribution in [0.2, 0.25) is 0 Å². The number of hydrogen-bond donors (Lipinski definition) is 5. The number of unbranched alkanes of at least 4 members (excludes halogenated alkanes) is 1. The van der Waals surface area contributed by atoms with E-state index in [4.69, 9.17) is 34.2 Å². The smallest absolute Gasteiger partial charge is 0.412 e. The average Bonchev–Trinajstić information content (AvgIpc) is 3.93. The summed E-state index contributed by atoms with van der Waals surface area (Å²) in [5, 5.41) is 29.4. The van der Waals surface area contributed by atoms with E-state index >= 15 is 0 Å². The van der Waals surface area contributed by atoms with Crippen LogP contribution in [0.4, 0.5) is 15.3 Å². The van der Waals surface area contributed by atoms with Gasteiger partial charge in [-0.15, -0.1) is 5.10 Å². The second kappa shape index (κ2) is 24.2. The maximum absolute atomic E-state index is 14.6. The number of nitrogens with one attached hydrogen (secondary N) is 3. The van der Waals surface area contributed by atoms with Crippen molar-refractivity contribution in [1.82, 2.24) is 30.5 Å². The molecule has 2 aromatic carbocycles. The molecule has 402 valence electrons. The molecule has 0 radical (unpaired) electrons. The Kier molecular flexibility index (Phi) is 18.8. The molecule has 2 unspecified atom stereocenters. The van der Waals surface area contributed by atoms with Gasteiger partial charge in [0.1, 0.15) is 29.4 Å². The fraction of sp³-hybridized carbons (Fsp3) is 0.642. The molecule has 0 aliphatic carbocycles. The van der Waals surface area contributed by atoms with E-state index in [0.29, 0.717) is 55.8 Å². The second-order valence-corrected chi connectivity index (χ2v) is 21.4. The number of benzene rings is 2. The number of Topliss-reactive ketones (excluding diaryl/α,β-unsaturated/α-hetero) is 1. The van der Waals surface area contributed by atoms with Crippen LogP contribution in [0.1, 0.15) is 112 Å². The molecule has 0 bridgehead atoms. The summed E-state index contributed by atoms with van der Waals surface area (Å²) < 4.78 is 38.8. The fourth-order valence-corrected chi connectivity index (χ4v) is 10.4. The van der Waals surface area contributed by atoms with E-state index in [1.807, 2.05) is 52.1 Å². The largest absolute Gasteiger partial charge is 0.458 e. The second-order valence-electron chi connectivity index (χ2n) is 21.4. The summed E-state index contributed by atoms with van der Waals surface area (Å²) in [6.45, 7) is 19.4. The van der Waals surface area contributed by atoms with Gasteiger partial charge in [-0.05, 0) is 117 Å². The van der Waals surface area contributed by atoms with Gasteiger partial charge in [-0.2, -0.15) is 0 Å². The highest BCUT2D eigenvalue weighted by molar-refractivity contribution is 6.00. The van der Waals surface area contributed by atoms with E-state index in [1.54, 1.807) is 80.6 Å². The van der Waals surface area contributed by atoms with Gasteiger partial charge >= 0.3 is 18.2 Å². The van der Waals surface area contributed by atoms with Crippen LogP contribution in [0.3, 0.4) is 0 Å². The number of aliphatic hydroxyl groups is 1. The normalized spacial score (nSPS) is 31.6. The molecule has 20 nitrogen and oxygen atoms in total. The Bertz CT molecular complexity index is 2360. The zero-order valence-electron chi connectivity index (χ0n) is 44.3. The van der Waals surface area contributed by atoms with E-state index in [9.17, 15) is 29.1 Å². The van der Waals surface area contributed by atoms with Crippen molar-refractivity contribution >= 4 is 35.5 Å². The molecule has 3 fully saturated rings. The van der Waals surface area contributed by atoms with Gasteiger partial charge in [-0.25, -0.2) is 9.59 Å². The van der Waals surface area contributed by atoms with Crippen LogP contribution in [0, 0.1) is 17.8 Å². The van der Waals surface area contributed by atoms with Gasteiger partial charge in [0, 0.05) is 61.6 Å². The minimum atomic E-state index is -1.31. The monoisotopic (exact) mass is 1020 g/mol. The number of carbonyl (C=O) groups is 5. The predicted molar refractivity (Wildman–Crippen MR) is 271 cm³/mol. The molecule has 6 N–H and O–H groups in total. The number of fused-ring (bicyclic) bond motifs is 1. The zero-order chi connectivity index (χ0) is 53.4. The number of hydrogen-bond acceptors (Lipinski definition) is 16. The van der Waals surface area contributed by atoms with Gasteiger partial charge in [0.2, 0.25) is 0 Å². The van der Waals surface area contributed by atoms with Gasteiger partial charge < -0.3 is 49.9 Å². The number of amides is 3. The topological polar surface area (TPSA) is 257 Å². The van der Waals surface area contributed by atoms with E-state index in [2.05, 4.69) is 26.3 Å². The number of cyclic esters (lactones) is 1. The SMILES string of the molecule is CC[C@H]1OC(=O)[C@H](C)C(=O)[C@H](C)[C@@H](O[C@@H]2O[C@H](CNC(=O)c3ccccc3)CC(N)C2O)[C@](C)(OC)C[C@@H](C)CN[C@H](C)[C@H]2N(CCCCn3cc(-c4cccc(NC(=O)OC(C)(C)C)c4)nn3)C(=O)O[C@]12C. The number of ether oxygens (including phenoxy) is 6. The van der Waals surface area contributed by atoms with Gasteiger partial charge in [-0.3, -0.25) is 29.3 Å². The van der Waals surface area contributed by atoms with E-state index in [1.165, 1.54) is 14.0 Å². The number of ketones is 1. The molecular weight excluding hydrogens is 941 g/mol. The summed E-state index contributed by atoms with van der Waals surface area (Å²) in [5.74, 6) is -3.96. The molecule has 4 heterocycles. The number of nitrogens with two attached hydrogens (primary N) is 1. The molecule has 73 heavy (non-hydrogen) atoms. The molecule has 3 aliphatic rings. The van der Waals surface area contributed by atoms with Crippen molar-refractivity contribution < 1.29 is 57.5 Å². The Labute approximate surface area is 429 Å². The zero-order valence-corrected chi connectivity index (χ0v) is 44.3. The maximum Gasteiger partial charge on any atom is 0.412 e. The number of rotatable bonds is 14. The van der Waals surface area contributed by atoms with Gasteiger partial charge in [0.15, 0.2) is 17.7 Å². The third kappa shape index (κ3) is 14.0. The van der Waals surface area contributed by atoms with Crippen LogP contribution in [-0.4, -0.2) is 147 Å². The summed E-state index contributed by atoms with van der Waals surface area (Å²) in [7, 11) is 1.53. The minimum Gasteiger partial charge on any atom is -0.458 e. The molecule has 3 aliphatic heterocycles. The lowest BCUT2D eigenvalue weighted by atomic mass is 9.78. The number of anilines is 1. The Balaban J connectivity index is 1.16. The van der Waals surface area contributed by atoms with Crippen LogP contribution in [0.15, 0.2) is 60.8 Å². The number of aliphatic hydroxyl groups excluding tert-OH is 1. The summed E-state index contributed by atoms with van der Waals surface area (Å²) >= 11 is 0. The minimum absolute atomic E-state index is 0.0868. The van der Waals surface area contributed by atoms with E-state index in [-0.39, 0.29) is 37.3 Å². The number of esters is 1. The molecule has 0 spiro atoms. The third-order valence-electron chi connectivity index (χ3n) is 14.3. The maximum atomic E-state index is 14.6. The molecule has 3 aromatic rings. The summed E-state index contributed by atoms with van der Waals surface area (Å²) in [4.78, 5) is 69.7. The van der Waals surface area contributed by atoms with Crippen molar-refractivity contribution in [2.75, 3.05) is 32.1 Å². The Morgan fingerprint density at radius 1 is 1.01 bits per heavy atom. The predicted octanol–water partition coefficient (Wildman–Crippen LogP) is 5.86. The van der Waals surface area contributed by atoms with Crippen molar-refractivity contribution in [2.45, 2.75) is 174 Å². The molecule has 3 amide bonds. The molecular formula is C53H78N8O12. The van der Waals surface area contributed by atoms with Crippen LogP contribution >= 0.6 is 0 Å². The number of aromatic nitrogens is 3. The van der Waals surface area contributed by atoms with Crippen LogP contribution in [-0.2, 0) is 44.6 Å². The van der Waals surface area contributed by atoms with Crippen LogP contribution < -0.4 is 21.7 Å². The molecule has 13 atom stereocenters. The number of methoxy groups -OCH3 is 1. The molecule has 1 aromatic heterocycles. The Morgan fingerprint density at radius 3 is 2.41 bits per heavy atom. The first-order valence-corrected chi connectivity index (χ1v) is 25.6. The van der Waals surface area contributed by atoms with Crippen molar-refractivity contribution in [3.63, 3.8) is 0 Å². The highest BCUT2D eigenvalue weighted by atomic mass is 16.7.